The standard InChI is InChI=1S/C7H4N4O9/c1-20-7-5(10(16)17)3(8(12)13)2-4(9(14)15)6(7)11(18)19/h2H,1H3. The molecule has 20 heavy (non-hydrogen) atoms. The van der Waals surface area contributed by atoms with Gasteiger partial charge in [0.25, 0.3) is 5.75 Å². The molecule has 0 spiro atoms. The lowest BCUT2D eigenvalue weighted by atomic mass is 10.2. The molecule has 0 aliphatic heterocycles. The minimum Gasteiger partial charge on any atom is -0.485 e. The average Bonchev–Trinajstić information content (AvgIpc) is 2.34. The van der Waals surface area contributed by atoms with E-state index in [1.807, 2.05) is 0 Å². The molecule has 0 aromatic heterocycles. The Kier molecular flexibility index (Phi) is 3.73. The van der Waals surface area contributed by atoms with Crippen LogP contribution < -0.4 is 4.74 Å². The SMILES string of the molecule is COc1c([N+](=O)[O-])c([N+](=O)[O-])cc([N+](=O)[O-])c1[N+](=O)[O-]. The Morgan fingerprint density at radius 1 is 0.800 bits per heavy atom. The Hall–Kier alpha value is -3.38. The zero-order chi connectivity index (χ0) is 15.6. The van der Waals surface area contributed by atoms with Crippen molar-refractivity contribution in [1.82, 2.24) is 0 Å². The van der Waals surface area contributed by atoms with Crippen molar-refractivity contribution < 1.29 is 24.4 Å². The smallest absolute Gasteiger partial charge is 0.395 e. The second-order valence-corrected chi connectivity index (χ2v) is 3.17. The Morgan fingerprint density at radius 3 is 1.35 bits per heavy atom. The van der Waals surface area contributed by atoms with Gasteiger partial charge in [-0.05, 0) is 0 Å². The maximum Gasteiger partial charge on any atom is 0.395 e. The monoisotopic (exact) mass is 288 g/mol. The second kappa shape index (κ2) is 5.09. The van der Waals surface area contributed by atoms with E-state index in [-0.39, 0.29) is 6.07 Å². The summed E-state index contributed by atoms with van der Waals surface area (Å²) in [5.41, 5.74) is -5.20. The average molecular weight is 288 g/mol. The number of methoxy groups -OCH3 is 1. The van der Waals surface area contributed by atoms with Crippen LogP contribution in [0.5, 0.6) is 5.75 Å². The van der Waals surface area contributed by atoms with Crippen LogP contribution in [0.2, 0.25) is 0 Å². The predicted molar refractivity (Wildman–Crippen MR) is 59.6 cm³/mol. The van der Waals surface area contributed by atoms with E-state index in [1.165, 1.54) is 0 Å². The van der Waals surface area contributed by atoms with E-state index in [0.29, 0.717) is 0 Å². The lowest BCUT2D eigenvalue weighted by Gasteiger charge is -2.03. The summed E-state index contributed by atoms with van der Waals surface area (Å²) in [7, 11) is 0.767. The van der Waals surface area contributed by atoms with Gasteiger partial charge in [-0.2, -0.15) is 0 Å². The Morgan fingerprint density at radius 2 is 1.15 bits per heavy atom. The first-order valence-corrected chi connectivity index (χ1v) is 4.54. The third-order valence-electron chi connectivity index (χ3n) is 2.15. The first-order chi connectivity index (χ1) is 9.22. The number of hydrogen-bond acceptors (Lipinski definition) is 9. The van der Waals surface area contributed by atoms with E-state index in [0.717, 1.165) is 7.11 Å². The number of ether oxygens (including phenoxy) is 1. The van der Waals surface area contributed by atoms with Gasteiger partial charge in [0, 0.05) is 0 Å². The van der Waals surface area contributed by atoms with Crippen molar-refractivity contribution in [2.75, 3.05) is 7.11 Å². The highest BCUT2D eigenvalue weighted by Gasteiger charge is 2.44. The number of hydrogen-bond donors (Lipinski definition) is 0. The first kappa shape index (κ1) is 14.7. The van der Waals surface area contributed by atoms with E-state index in [2.05, 4.69) is 4.74 Å². The van der Waals surface area contributed by atoms with Gasteiger partial charge in [-0.25, -0.2) is 0 Å². The van der Waals surface area contributed by atoms with Crippen molar-refractivity contribution in [3.8, 4) is 5.75 Å². The highest BCUT2D eigenvalue weighted by atomic mass is 16.7. The minimum atomic E-state index is -1.32. The quantitative estimate of drug-likeness (QED) is 0.569. The lowest BCUT2D eigenvalue weighted by molar-refractivity contribution is -0.435. The molecule has 0 heterocycles. The summed E-state index contributed by atoms with van der Waals surface area (Å²) in [4.78, 5) is 37.9. The zero-order valence-corrected chi connectivity index (χ0v) is 9.54. The van der Waals surface area contributed by atoms with Crippen LogP contribution in [0.4, 0.5) is 22.7 Å². The number of rotatable bonds is 5. The Bertz CT molecular complexity index is 589. The van der Waals surface area contributed by atoms with Gasteiger partial charge < -0.3 is 4.74 Å². The van der Waals surface area contributed by atoms with Crippen LogP contribution in [0.1, 0.15) is 0 Å². The maximum atomic E-state index is 10.8. The van der Waals surface area contributed by atoms with Crippen LogP contribution >= 0.6 is 0 Å². The van der Waals surface area contributed by atoms with Crippen molar-refractivity contribution in [3.63, 3.8) is 0 Å². The van der Waals surface area contributed by atoms with Crippen LogP contribution in [-0.2, 0) is 0 Å². The first-order valence-electron chi connectivity index (χ1n) is 4.54. The number of nitro groups is 4. The van der Waals surface area contributed by atoms with E-state index in [9.17, 15) is 40.5 Å². The number of nitro benzene ring substituents is 4. The zero-order valence-electron chi connectivity index (χ0n) is 9.54. The molecule has 0 saturated carbocycles. The van der Waals surface area contributed by atoms with Gasteiger partial charge in [-0.3, -0.25) is 40.5 Å². The van der Waals surface area contributed by atoms with Gasteiger partial charge in [0.05, 0.1) is 26.8 Å². The third-order valence-corrected chi connectivity index (χ3v) is 2.15. The molecule has 106 valence electrons. The van der Waals surface area contributed by atoms with Crippen molar-refractivity contribution in [1.29, 1.82) is 0 Å². The van der Waals surface area contributed by atoms with Crippen molar-refractivity contribution in [2.24, 2.45) is 0 Å². The molecule has 0 aliphatic rings. The van der Waals surface area contributed by atoms with Gasteiger partial charge in [0.1, 0.15) is 6.07 Å². The van der Waals surface area contributed by atoms with E-state index in [1.54, 1.807) is 0 Å². The van der Waals surface area contributed by atoms with Crippen LogP contribution in [-0.4, -0.2) is 26.8 Å². The summed E-state index contributed by atoms with van der Waals surface area (Å²) in [5, 5.41) is 43.0. The van der Waals surface area contributed by atoms with Gasteiger partial charge >= 0.3 is 22.7 Å². The molecule has 13 nitrogen and oxygen atoms in total. The van der Waals surface area contributed by atoms with Crippen LogP contribution in [0.3, 0.4) is 0 Å². The third kappa shape index (κ3) is 2.26. The van der Waals surface area contributed by atoms with E-state index in [4.69, 9.17) is 0 Å². The largest absolute Gasteiger partial charge is 0.485 e. The molecule has 0 aliphatic carbocycles. The molecule has 0 fully saturated rings. The molecule has 0 bridgehead atoms. The number of benzene rings is 1. The summed E-state index contributed by atoms with van der Waals surface area (Å²) in [5.74, 6) is -1.15. The van der Waals surface area contributed by atoms with Gasteiger partial charge in [-0.15, -0.1) is 0 Å². The predicted octanol–water partition coefficient (Wildman–Crippen LogP) is 1.33. The number of nitrogens with zero attached hydrogens (tertiary/aromatic N) is 4. The molecule has 0 amide bonds. The van der Waals surface area contributed by atoms with E-state index < -0.39 is 48.2 Å². The topological polar surface area (TPSA) is 182 Å². The lowest BCUT2D eigenvalue weighted by Crippen LogP contribution is -2.06. The van der Waals surface area contributed by atoms with Crippen LogP contribution in [0, 0.1) is 40.5 Å². The van der Waals surface area contributed by atoms with Crippen molar-refractivity contribution in [2.45, 2.75) is 0 Å². The minimum absolute atomic E-state index is 0.152. The molecule has 0 N–H and O–H groups in total. The molecule has 1 aromatic rings. The fourth-order valence-corrected chi connectivity index (χ4v) is 1.44. The van der Waals surface area contributed by atoms with Crippen LogP contribution in [0.15, 0.2) is 6.07 Å². The summed E-state index contributed by atoms with van der Waals surface area (Å²) in [6.07, 6.45) is 0. The van der Waals surface area contributed by atoms with Gasteiger partial charge in [0.15, 0.2) is 0 Å². The highest BCUT2D eigenvalue weighted by molar-refractivity contribution is 5.78. The van der Waals surface area contributed by atoms with Gasteiger partial charge in [-0.1, -0.05) is 0 Å². The van der Waals surface area contributed by atoms with Crippen molar-refractivity contribution >= 4 is 22.7 Å². The normalized spacial score (nSPS) is 9.85. The molecule has 1 aromatic carbocycles. The molecule has 0 radical (unpaired) electrons. The second-order valence-electron chi connectivity index (χ2n) is 3.17. The molecular weight excluding hydrogens is 284 g/mol. The molecule has 13 heteroatoms. The fourth-order valence-electron chi connectivity index (χ4n) is 1.44. The van der Waals surface area contributed by atoms with Crippen LogP contribution in [0.25, 0.3) is 0 Å². The molecule has 1 rings (SSSR count). The maximum absolute atomic E-state index is 10.8. The molecular formula is C7H4N4O9. The van der Waals surface area contributed by atoms with E-state index >= 15 is 0 Å². The summed E-state index contributed by atoms with van der Waals surface area (Å²) < 4.78 is 4.39. The summed E-state index contributed by atoms with van der Waals surface area (Å²) >= 11 is 0. The van der Waals surface area contributed by atoms with Gasteiger partial charge in [0.2, 0.25) is 0 Å². The summed E-state index contributed by atoms with van der Waals surface area (Å²) in [6.45, 7) is 0. The Balaban J connectivity index is 3.99. The van der Waals surface area contributed by atoms with Crippen molar-refractivity contribution in [3.05, 3.63) is 46.5 Å². The molecule has 0 atom stereocenters. The Labute approximate surface area is 108 Å². The highest BCUT2D eigenvalue weighted by Crippen LogP contribution is 2.48. The summed E-state index contributed by atoms with van der Waals surface area (Å²) in [6, 6.07) is 0.152. The molecule has 0 saturated heterocycles. The fraction of sp³-hybridized carbons (Fsp3) is 0.143. The molecule has 0 unspecified atom stereocenters.